The lowest BCUT2D eigenvalue weighted by atomic mass is 10.2. The lowest BCUT2D eigenvalue weighted by molar-refractivity contribution is 0.102. The van der Waals surface area contributed by atoms with Gasteiger partial charge in [-0.25, -0.2) is 4.79 Å². The van der Waals surface area contributed by atoms with E-state index in [0.29, 0.717) is 11.2 Å². The number of nitrogens with two attached hydrogens (primary N) is 1. The number of Topliss-reactive ketones (excluding diaryl/α,β-unsaturated/α-hetero) is 1. The fourth-order valence-electron chi connectivity index (χ4n) is 3.47. The van der Waals surface area contributed by atoms with Gasteiger partial charge in [-0.3, -0.25) is 28.7 Å². The van der Waals surface area contributed by atoms with Gasteiger partial charge in [0.15, 0.2) is 16.8 Å². The molecule has 2 fully saturated rings. The van der Waals surface area contributed by atoms with Crippen LogP contribution in [0.25, 0.3) is 11.4 Å². The maximum atomic E-state index is 12.8. The van der Waals surface area contributed by atoms with Gasteiger partial charge < -0.3 is 5.73 Å². The number of pyridine rings is 1. The van der Waals surface area contributed by atoms with E-state index in [2.05, 4.69) is 20.2 Å². The number of carbonyl (C=O) groups excluding carboxylic acids is 1. The third-order valence-corrected chi connectivity index (χ3v) is 6.16. The number of thioether (sulfide) groups is 1. The number of carbonyl (C=O) groups is 1. The fourth-order valence-corrected chi connectivity index (χ4v) is 4.35. The van der Waals surface area contributed by atoms with Crippen molar-refractivity contribution < 1.29 is 4.79 Å². The Morgan fingerprint density at radius 2 is 1.77 bits per heavy atom. The highest BCUT2D eigenvalue weighted by Gasteiger charge is 2.32. The minimum Gasteiger partial charge on any atom is -0.384 e. The Hall–Kier alpha value is -3.21. The first-order valence-electron chi connectivity index (χ1n) is 9.70. The van der Waals surface area contributed by atoms with Crippen LogP contribution >= 0.6 is 11.8 Å². The Labute approximate surface area is 174 Å². The van der Waals surface area contributed by atoms with Crippen LogP contribution in [-0.4, -0.2) is 40.8 Å². The third-order valence-electron chi connectivity index (χ3n) is 5.22. The van der Waals surface area contributed by atoms with E-state index in [-0.39, 0.29) is 23.2 Å². The summed E-state index contributed by atoms with van der Waals surface area (Å²) in [6.07, 6.45) is 7.05. The molecule has 3 N–H and O–H groups in total. The highest BCUT2D eigenvalue weighted by Crippen LogP contribution is 2.41. The van der Waals surface area contributed by atoms with Crippen molar-refractivity contribution in [2.45, 2.75) is 42.9 Å². The minimum absolute atomic E-state index is 0.0304. The number of anilines is 1. The summed E-state index contributed by atoms with van der Waals surface area (Å²) in [5.74, 6) is 0.202. The second-order valence-corrected chi connectivity index (χ2v) is 8.42. The van der Waals surface area contributed by atoms with Crippen LogP contribution < -0.4 is 17.0 Å². The number of aromatic amines is 1. The molecule has 10 nitrogen and oxygen atoms in total. The van der Waals surface area contributed by atoms with E-state index in [0.717, 1.165) is 37.1 Å². The first-order chi connectivity index (χ1) is 14.5. The monoisotopic (exact) mass is 425 g/mol. The normalized spacial score (nSPS) is 16.0. The minimum atomic E-state index is -0.749. The lowest BCUT2D eigenvalue weighted by Gasteiger charge is -2.11. The van der Waals surface area contributed by atoms with E-state index in [1.807, 2.05) is 16.7 Å². The molecule has 5 rings (SSSR count). The Balaban J connectivity index is 1.42. The summed E-state index contributed by atoms with van der Waals surface area (Å²) >= 11 is 1.21. The number of ketones is 1. The molecule has 0 bridgehead atoms. The van der Waals surface area contributed by atoms with Crippen molar-refractivity contribution in [3.05, 3.63) is 50.9 Å². The molecular formula is C19H19N7O3S. The van der Waals surface area contributed by atoms with Crippen molar-refractivity contribution in [3.63, 3.8) is 0 Å². The molecule has 0 saturated heterocycles. The molecule has 2 aliphatic carbocycles. The topological polar surface area (TPSA) is 142 Å². The number of hydrogen-bond acceptors (Lipinski definition) is 8. The lowest BCUT2D eigenvalue weighted by Crippen LogP contribution is -2.36. The molecule has 0 radical (unpaired) electrons. The standard InChI is InChI=1S/C19H19N7O3S/c20-15-14(17(28)22-18(29)25(15)11-1-2-11)13(27)9-30-19-24-23-16(26(19)12-3-4-12)10-5-7-21-8-6-10/h5-8,11-12H,1-4,9,20H2,(H,22,28,29). The summed E-state index contributed by atoms with van der Waals surface area (Å²) in [6, 6.07) is 3.98. The van der Waals surface area contributed by atoms with E-state index < -0.39 is 17.0 Å². The molecule has 3 aromatic heterocycles. The molecular weight excluding hydrogens is 406 g/mol. The third kappa shape index (κ3) is 3.34. The van der Waals surface area contributed by atoms with Gasteiger partial charge in [0.25, 0.3) is 5.56 Å². The van der Waals surface area contributed by atoms with Crippen LogP contribution in [0.1, 0.15) is 48.1 Å². The summed E-state index contributed by atoms with van der Waals surface area (Å²) in [6.45, 7) is 0. The fraction of sp³-hybridized carbons (Fsp3) is 0.368. The van der Waals surface area contributed by atoms with Crippen molar-refractivity contribution in [2.24, 2.45) is 0 Å². The van der Waals surface area contributed by atoms with Gasteiger partial charge in [0.05, 0.1) is 5.75 Å². The van der Waals surface area contributed by atoms with Gasteiger partial charge in [-0.1, -0.05) is 11.8 Å². The number of rotatable bonds is 7. The molecule has 2 aliphatic rings. The van der Waals surface area contributed by atoms with Crippen LogP contribution in [0.5, 0.6) is 0 Å². The average molecular weight is 425 g/mol. The highest BCUT2D eigenvalue weighted by atomic mass is 32.2. The quantitative estimate of drug-likeness (QED) is 0.427. The molecule has 30 heavy (non-hydrogen) atoms. The highest BCUT2D eigenvalue weighted by molar-refractivity contribution is 7.99. The second-order valence-electron chi connectivity index (χ2n) is 7.48. The van der Waals surface area contributed by atoms with E-state index in [1.54, 1.807) is 12.4 Å². The van der Waals surface area contributed by atoms with Crippen LogP contribution in [-0.2, 0) is 0 Å². The largest absolute Gasteiger partial charge is 0.384 e. The molecule has 0 aliphatic heterocycles. The van der Waals surface area contributed by atoms with Crippen molar-refractivity contribution in [1.82, 2.24) is 29.3 Å². The van der Waals surface area contributed by atoms with Gasteiger partial charge in [0.2, 0.25) is 0 Å². The molecule has 154 valence electrons. The van der Waals surface area contributed by atoms with Crippen molar-refractivity contribution in [1.29, 1.82) is 0 Å². The predicted molar refractivity (Wildman–Crippen MR) is 111 cm³/mol. The molecule has 0 unspecified atom stereocenters. The summed E-state index contributed by atoms with van der Waals surface area (Å²) in [5.41, 5.74) is 5.46. The Kier molecular flexibility index (Phi) is 4.54. The molecule has 0 spiro atoms. The molecule has 3 heterocycles. The number of nitrogen functional groups attached to an aromatic ring is 1. The van der Waals surface area contributed by atoms with E-state index in [9.17, 15) is 14.4 Å². The molecule has 0 atom stereocenters. The van der Waals surface area contributed by atoms with Crippen LogP contribution in [0.15, 0.2) is 39.3 Å². The molecule has 11 heteroatoms. The maximum absolute atomic E-state index is 12.8. The first-order valence-corrected chi connectivity index (χ1v) is 10.7. The van der Waals surface area contributed by atoms with Crippen molar-refractivity contribution in [2.75, 3.05) is 11.5 Å². The Morgan fingerprint density at radius 1 is 1.10 bits per heavy atom. The molecule has 2 saturated carbocycles. The van der Waals surface area contributed by atoms with Gasteiger partial charge in [-0.05, 0) is 37.8 Å². The first kappa shape index (κ1) is 18.8. The van der Waals surface area contributed by atoms with E-state index in [4.69, 9.17) is 5.73 Å². The zero-order valence-corrected chi connectivity index (χ0v) is 16.8. The number of nitrogens with zero attached hydrogens (tertiary/aromatic N) is 5. The number of nitrogens with one attached hydrogen (secondary N) is 1. The van der Waals surface area contributed by atoms with Gasteiger partial charge in [0.1, 0.15) is 11.4 Å². The number of hydrogen-bond donors (Lipinski definition) is 2. The summed E-state index contributed by atoms with van der Waals surface area (Å²) < 4.78 is 3.35. The predicted octanol–water partition coefficient (Wildman–Crippen LogP) is 1.42. The van der Waals surface area contributed by atoms with Crippen LogP contribution in [0.3, 0.4) is 0 Å². The van der Waals surface area contributed by atoms with E-state index >= 15 is 0 Å². The Bertz CT molecular complexity index is 1240. The van der Waals surface area contributed by atoms with Gasteiger partial charge in [-0.15, -0.1) is 10.2 Å². The van der Waals surface area contributed by atoms with Crippen molar-refractivity contribution in [3.8, 4) is 11.4 Å². The Morgan fingerprint density at radius 3 is 2.43 bits per heavy atom. The number of H-pyrrole nitrogens is 1. The maximum Gasteiger partial charge on any atom is 0.330 e. The van der Waals surface area contributed by atoms with Gasteiger partial charge in [-0.2, -0.15) is 0 Å². The molecule has 0 amide bonds. The van der Waals surface area contributed by atoms with Crippen LogP contribution in [0.4, 0.5) is 5.82 Å². The van der Waals surface area contributed by atoms with Crippen molar-refractivity contribution >= 4 is 23.4 Å². The zero-order valence-electron chi connectivity index (χ0n) is 15.9. The van der Waals surface area contributed by atoms with Gasteiger partial charge >= 0.3 is 5.69 Å². The second kappa shape index (κ2) is 7.24. The van der Waals surface area contributed by atoms with E-state index in [1.165, 1.54) is 16.3 Å². The summed E-state index contributed by atoms with van der Waals surface area (Å²) in [7, 11) is 0. The average Bonchev–Trinajstić information content (AvgIpc) is 3.66. The summed E-state index contributed by atoms with van der Waals surface area (Å²) in [5, 5.41) is 9.18. The number of aromatic nitrogens is 6. The smallest absolute Gasteiger partial charge is 0.330 e. The van der Waals surface area contributed by atoms with Crippen LogP contribution in [0, 0.1) is 0 Å². The zero-order chi connectivity index (χ0) is 20.8. The molecule has 3 aromatic rings. The van der Waals surface area contributed by atoms with Crippen LogP contribution in [0.2, 0.25) is 0 Å². The SMILES string of the molecule is Nc1c(C(=O)CSc2nnc(-c3ccncc3)n2C2CC2)c(=O)[nH]c(=O)n1C1CC1. The summed E-state index contributed by atoms with van der Waals surface area (Å²) in [4.78, 5) is 43.4. The molecule has 0 aromatic carbocycles. The van der Waals surface area contributed by atoms with Gasteiger partial charge in [0, 0.05) is 30.0 Å².